The maximum atomic E-state index is 5.34. The number of nitrogen functional groups attached to an aromatic ring is 2. The molecule has 8 heteroatoms. The molecule has 0 unspecified atom stereocenters. The van der Waals surface area contributed by atoms with Gasteiger partial charge in [-0.25, -0.2) is 0 Å². The van der Waals surface area contributed by atoms with Crippen molar-refractivity contribution in [2.24, 2.45) is 11.7 Å². The fraction of sp³-hybridized carbons (Fsp3) is 0. The molecular formula is C18H20Cl2N6. The summed E-state index contributed by atoms with van der Waals surface area (Å²) in [6.07, 6.45) is 3.53. The van der Waals surface area contributed by atoms with Crippen molar-refractivity contribution in [3.05, 3.63) is 73.1 Å². The third-order valence-corrected chi connectivity index (χ3v) is 3.60. The van der Waals surface area contributed by atoms with Gasteiger partial charge in [0.05, 0.1) is 22.4 Å². The molecule has 136 valence electrons. The Morgan fingerprint density at radius 2 is 1.00 bits per heavy atom. The first kappa shape index (κ1) is 21.4. The van der Waals surface area contributed by atoms with Crippen LogP contribution < -0.4 is 22.5 Å². The lowest BCUT2D eigenvalue weighted by molar-refractivity contribution is 1.35. The number of fused-ring (bicyclic) bond motifs is 2. The molecule has 2 heterocycles. The Morgan fingerprint density at radius 1 is 0.577 bits per heavy atom. The van der Waals surface area contributed by atoms with Crippen molar-refractivity contribution in [1.82, 2.24) is 9.97 Å². The first-order chi connectivity index (χ1) is 11.8. The van der Waals surface area contributed by atoms with Crippen molar-refractivity contribution in [3.63, 3.8) is 0 Å². The highest BCUT2D eigenvalue weighted by Gasteiger charge is 1.97. The predicted molar refractivity (Wildman–Crippen MR) is 114 cm³/mol. The van der Waals surface area contributed by atoms with Gasteiger partial charge < -0.3 is 10.9 Å². The lowest BCUT2D eigenvalue weighted by atomic mass is 10.2. The first-order valence-corrected chi connectivity index (χ1v) is 7.44. The van der Waals surface area contributed by atoms with Crippen LogP contribution in [0.25, 0.3) is 21.8 Å². The Bertz CT molecular complexity index is 874. The summed E-state index contributed by atoms with van der Waals surface area (Å²) >= 11 is 0. The summed E-state index contributed by atoms with van der Waals surface area (Å²) in [4.78, 5) is 8.39. The van der Waals surface area contributed by atoms with Gasteiger partial charge in [0.25, 0.3) is 0 Å². The van der Waals surface area contributed by atoms with Gasteiger partial charge in [0.1, 0.15) is 0 Å². The SMILES string of the molecule is Cl.Cl.NNc1cccc2ncccc12.NNc1cccc2ncccc12. The highest BCUT2D eigenvalue weighted by atomic mass is 35.5. The first-order valence-electron chi connectivity index (χ1n) is 7.44. The number of hydrogen-bond donors (Lipinski definition) is 4. The van der Waals surface area contributed by atoms with Crippen molar-refractivity contribution < 1.29 is 0 Å². The third-order valence-electron chi connectivity index (χ3n) is 3.60. The van der Waals surface area contributed by atoms with Gasteiger partial charge in [0, 0.05) is 23.2 Å². The minimum atomic E-state index is 0. The summed E-state index contributed by atoms with van der Waals surface area (Å²) in [7, 11) is 0. The zero-order chi connectivity index (χ0) is 16.8. The molecule has 0 atom stereocenters. The number of pyridine rings is 2. The highest BCUT2D eigenvalue weighted by molar-refractivity contribution is 5.91. The molecule has 0 aliphatic rings. The van der Waals surface area contributed by atoms with E-state index in [-0.39, 0.29) is 24.8 Å². The van der Waals surface area contributed by atoms with E-state index >= 15 is 0 Å². The summed E-state index contributed by atoms with van der Waals surface area (Å²) in [6.45, 7) is 0. The number of hydrazine groups is 2. The molecule has 6 N–H and O–H groups in total. The van der Waals surface area contributed by atoms with Crippen LogP contribution >= 0.6 is 24.8 Å². The van der Waals surface area contributed by atoms with E-state index < -0.39 is 0 Å². The molecule has 0 aliphatic carbocycles. The van der Waals surface area contributed by atoms with Crippen molar-refractivity contribution in [2.45, 2.75) is 0 Å². The van der Waals surface area contributed by atoms with Gasteiger partial charge >= 0.3 is 0 Å². The Hall–Kier alpha value is -2.64. The fourth-order valence-corrected chi connectivity index (χ4v) is 2.46. The molecule has 26 heavy (non-hydrogen) atoms. The number of nitrogens with two attached hydrogens (primary N) is 2. The average Bonchev–Trinajstić information content (AvgIpc) is 2.67. The number of anilines is 2. The number of rotatable bonds is 2. The monoisotopic (exact) mass is 390 g/mol. The van der Waals surface area contributed by atoms with Gasteiger partial charge in [-0.3, -0.25) is 21.7 Å². The molecule has 0 spiro atoms. The van der Waals surface area contributed by atoms with Gasteiger partial charge in [-0.05, 0) is 48.5 Å². The average molecular weight is 391 g/mol. The quantitative estimate of drug-likeness (QED) is 0.306. The summed E-state index contributed by atoms with van der Waals surface area (Å²) in [5, 5.41) is 2.09. The smallest absolute Gasteiger partial charge is 0.0723 e. The summed E-state index contributed by atoms with van der Waals surface area (Å²) in [6, 6.07) is 19.3. The Kier molecular flexibility index (Phi) is 8.54. The third kappa shape index (κ3) is 4.71. The summed E-state index contributed by atoms with van der Waals surface area (Å²) < 4.78 is 0. The Morgan fingerprint density at radius 3 is 1.38 bits per heavy atom. The molecule has 0 fully saturated rings. The van der Waals surface area contributed by atoms with Crippen molar-refractivity contribution in [3.8, 4) is 0 Å². The van der Waals surface area contributed by atoms with E-state index in [9.17, 15) is 0 Å². The standard InChI is InChI=1S/2C9H9N3.2ClH/c2*10-12-9-5-1-4-8-7(9)3-2-6-11-8;;/h2*1-6,12H,10H2;2*1H. The van der Waals surface area contributed by atoms with E-state index in [0.29, 0.717) is 0 Å². The molecule has 0 radical (unpaired) electrons. The van der Waals surface area contributed by atoms with E-state index in [1.54, 1.807) is 12.4 Å². The molecule has 0 saturated heterocycles. The van der Waals surface area contributed by atoms with Crippen LogP contribution in [0.15, 0.2) is 73.1 Å². The van der Waals surface area contributed by atoms with E-state index in [4.69, 9.17) is 11.7 Å². The van der Waals surface area contributed by atoms with Crippen LogP contribution in [-0.4, -0.2) is 9.97 Å². The maximum absolute atomic E-state index is 5.34. The molecule has 4 rings (SSSR count). The predicted octanol–water partition coefficient (Wildman–Crippen LogP) is 3.88. The van der Waals surface area contributed by atoms with E-state index in [1.807, 2.05) is 60.7 Å². The minimum Gasteiger partial charge on any atom is -0.323 e. The van der Waals surface area contributed by atoms with Crippen LogP contribution in [0.1, 0.15) is 0 Å². The second kappa shape index (κ2) is 10.4. The van der Waals surface area contributed by atoms with Gasteiger partial charge in [-0.15, -0.1) is 24.8 Å². The molecular weight excluding hydrogens is 371 g/mol. The molecule has 6 nitrogen and oxygen atoms in total. The topological polar surface area (TPSA) is 102 Å². The van der Waals surface area contributed by atoms with Gasteiger partial charge in [0.15, 0.2) is 0 Å². The second-order valence-electron chi connectivity index (χ2n) is 5.04. The molecule has 2 aromatic heterocycles. The van der Waals surface area contributed by atoms with Crippen LogP contribution in [0.2, 0.25) is 0 Å². The maximum Gasteiger partial charge on any atom is 0.0723 e. The number of benzene rings is 2. The number of halogens is 2. The summed E-state index contributed by atoms with van der Waals surface area (Å²) in [5.41, 5.74) is 8.97. The number of nitrogens with one attached hydrogen (secondary N) is 2. The zero-order valence-corrected chi connectivity index (χ0v) is 15.4. The van der Waals surface area contributed by atoms with Crippen molar-refractivity contribution >= 4 is 58.0 Å². The number of nitrogens with zero attached hydrogens (tertiary/aromatic N) is 2. The lowest BCUT2D eigenvalue weighted by Gasteiger charge is -2.03. The fourth-order valence-electron chi connectivity index (χ4n) is 2.46. The molecule has 0 saturated carbocycles. The van der Waals surface area contributed by atoms with Crippen LogP contribution in [0.4, 0.5) is 11.4 Å². The summed E-state index contributed by atoms with van der Waals surface area (Å²) in [5.74, 6) is 10.7. The lowest BCUT2D eigenvalue weighted by Crippen LogP contribution is -2.06. The number of aromatic nitrogens is 2. The molecule has 0 aliphatic heterocycles. The van der Waals surface area contributed by atoms with Crippen molar-refractivity contribution in [1.29, 1.82) is 0 Å². The minimum absolute atomic E-state index is 0. The van der Waals surface area contributed by atoms with E-state index in [2.05, 4.69) is 20.8 Å². The van der Waals surface area contributed by atoms with Crippen LogP contribution in [0, 0.1) is 0 Å². The van der Waals surface area contributed by atoms with Crippen molar-refractivity contribution in [2.75, 3.05) is 10.9 Å². The van der Waals surface area contributed by atoms with Crippen LogP contribution in [-0.2, 0) is 0 Å². The largest absolute Gasteiger partial charge is 0.323 e. The molecule has 4 aromatic rings. The van der Waals surface area contributed by atoms with E-state index in [0.717, 1.165) is 33.2 Å². The molecule has 0 amide bonds. The molecule has 0 bridgehead atoms. The van der Waals surface area contributed by atoms with Crippen LogP contribution in [0.5, 0.6) is 0 Å². The highest BCUT2D eigenvalue weighted by Crippen LogP contribution is 2.20. The van der Waals surface area contributed by atoms with Gasteiger partial charge in [-0.1, -0.05) is 12.1 Å². The molecule has 2 aromatic carbocycles. The Labute approximate surface area is 163 Å². The van der Waals surface area contributed by atoms with Crippen LogP contribution in [0.3, 0.4) is 0 Å². The van der Waals surface area contributed by atoms with Gasteiger partial charge in [0.2, 0.25) is 0 Å². The normalized spacial score (nSPS) is 9.31. The van der Waals surface area contributed by atoms with Gasteiger partial charge in [-0.2, -0.15) is 0 Å². The Balaban J connectivity index is 0.000000241. The second-order valence-corrected chi connectivity index (χ2v) is 5.04. The van der Waals surface area contributed by atoms with E-state index in [1.165, 1.54) is 0 Å². The zero-order valence-electron chi connectivity index (χ0n) is 13.8. The number of hydrogen-bond acceptors (Lipinski definition) is 6.